The summed E-state index contributed by atoms with van der Waals surface area (Å²) in [6.45, 7) is 1.66. The van der Waals surface area contributed by atoms with Gasteiger partial charge in [0.05, 0.1) is 10.7 Å². The van der Waals surface area contributed by atoms with E-state index >= 15 is 0 Å². The predicted molar refractivity (Wildman–Crippen MR) is 70.2 cm³/mol. The van der Waals surface area contributed by atoms with Gasteiger partial charge in [0.25, 0.3) is 0 Å². The number of pyridine rings is 2. The number of hydrogen-bond acceptors (Lipinski definition) is 2. The molecule has 0 spiro atoms. The molecule has 116 valence electrons. The van der Waals surface area contributed by atoms with Crippen LogP contribution in [0, 0.1) is 6.92 Å². The molecule has 3 aromatic rings. The summed E-state index contributed by atoms with van der Waals surface area (Å²) < 4.78 is 65.9. The molecule has 9 heteroatoms. The van der Waals surface area contributed by atoms with E-state index in [1.165, 1.54) is 16.7 Å². The number of imidazole rings is 1. The molecule has 0 radical (unpaired) electrons. The Morgan fingerprint density at radius 3 is 2.41 bits per heavy atom. The van der Waals surface area contributed by atoms with Gasteiger partial charge in [-0.2, -0.15) is 22.0 Å². The number of hydrogen-bond donors (Lipinski definition) is 0. The molecule has 0 aromatic carbocycles. The van der Waals surface area contributed by atoms with E-state index < -0.39 is 17.8 Å². The summed E-state index contributed by atoms with van der Waals surface area (Å²) >= 11 is 5.85. The van der Waals surface area contributed by atoms with Gasteiger partial charge in [-0.15, -0.1) is 0 Å². The third-order valence-electron chi connectivity index (χ3n) is 3.15. The number of alkyl halides is 5. The van der Waals surface area contributed by atoms with Crippen molar-refractivity contribution in [3.63, 3.8) is 0 Å². The Bertz CT molecular complexity index is 885. The second kappa shape index (κ2) is 4.52. The second-order valence-corrected chi connectivity index (χ2v) is 5.15. The third kappa shape index (κ3) is 2.09. The lowest BCUT2D eigenvalue weighted by atomic mass is 10.1. The molecule has 3 aromatic heterocycles. The largest absolute Gasteiger partial charge is 0.459 e. The van der Waals surface area contributed by atoms with Crippen LogP contribution in [0.4, 0.5) is 22.0 Å². The number of halogens is 6. The number of aromatic nitrogens is 3. The Morgan fingerprint density at radius 2 is 1.77 bits per heavy atom. The first-order valence-corrected chi connectivity index (χ1v) is 6.39. The molecule has 3 nitrogen and oxygen atoms in total. The van der Waals surface area contributed by atoms with E-state index in [0.29, 0.717) is 17.4 Å². The molecule has 0 aliphatic rings. The first kappa shape index (κ1) is 15.0. The molecular weight excluding hydrogens is 329 g/mol. The summed E-state index contributed by atoms with van der Waals surface area (Å²) in [7, 11) is 0. The van der Waals surface area contributed by atoms with E-state index in [0.717, 1.165) is 0 Å². The summed E-state index contributed by atoms with van der Waals surface area (Å²) in [5, 5.41) is 0.0190. The van der Waals surface area contributed by atoms with Crippen molar-refractivity contribution in [2.45, 2.75) is 19.0 Å². The Labute approximate surface area is 125 Å². The topological polar surface area (TPSA) is 30.2 Å². The summed E-state index contributed by atoms with van der Waals surface area (Å²) in [5.74, 6) is -5.09. The zero-order chi connectivity index (χ0) is 16.3. The van der Waals surface area contributed by atoms with E-state index in [-0.39, 0.29) is 16.1 Å². The summed E-state index contributed by atoms with van der Waals surface area (Å²) in [4.78, 5) is 7.59. The van der Waals surface area contributed by atoms with Crippen molar-refractivity contribution < 1.29 is 22.0 Å². The first-order chi connectivity index (χ1) is 10.1. The molecule has 0 atom stereocenters. The molecule has 0 aliphatic heterocycles. The highest BCUT2D eigenvalue weighted by atomic mass is 35.5. The highest BCUT2D eigenvalue weighted by molar-refractivity contribution is 6.35. The van der Waals surface area contributed by atoms with Gasteiger partial charge in [-0.3, -0.25) is 4.40 Å². The van der Waals surface area contributed by atoms with Gasteiger partial charge in [0, 0.05) is 11.6 Å². The maximum atomic E-state index is 13.5. The molecule has 0 aliphatic carbocycles. The van der Waals surface area contributed by atoms with E-state index in [2.05, 4.69) is 9.97 Å². The van der Waals surface area contributed by atoms with E-state index in [9.17, 15) is 22.0 Å². The lowest BCUT2D eigenvalue weighted by Gasteiger charge is -2.19. The van der Waals surface area contributed by atoms with Crippen molar-refractivity contribution in [2.75, 3.05) is 0 Å². The number of aryl methyl sites for hydroxylation is 1. The van der Waals surface area contributed by atoms with Crippen LogP contribution in [0.15, 0.2) is 24.4 Å². The summed E-state index contributed by atoms with van der Waals surface area (Å²) in [6.07, 6.45) is -4.27. The number of fused-ring (bicyclic) bond motifs is 3. The standard InChI is InChI=1S/C13H7ClF5N3/c1-6-5-22-10(20-6)3-2-7-8(14)4-9(21-11(7)22)12(15,16)13(17,18)19/h2-5H,1H3. The zero-order valence-electron chi connectivity index (χ0n) is 10.9. The maximum Gasteiger partial charge on any atom is 0.459 e. The van der Waals surface area contributed by atoms with Crippen molar-refractivity contribution in [1.82, 2.24) is 14.4 Å². The number of rotatable bonds is 1. The minimum Gasteiger partial charge on any atom is -0.284 e. The molecule has 3 rings (SSSR count). The molecule has 3 heterocycles. The van der Waals surface area contributed by atoms with E-state index in [1.54, 1.807) is 13.0 Å². The van der Waals surface area contributed by atoms with Crippen molar-refractivity contribution in [3.05, 3.63) is 40.8 Å². The van der Waals surface area contributed by atoms with E-state index in [1.807, 2.05) is 0 Å². The molecule has 0 saturated heterocycles. The van der Waals surface area contributed by atoms with Gasteiger partial charge < -0.3 is 0 Å². The molecular formula is C13H7ClF5N3. The first-order valence-electron chi connectivity index (χ1n) is 6.01. The fourth-order valence-electron chi connectivity index (χ4n) is 2.12. The van der Waals surface area contributed by atoms with Crippen LogP contribution in [0.3, 0.4) is 0 Å². The van der Waals surface area contributed by atoms with Crippen molar-refractivity contribution in [3.8, 4) is 0 Å². The SMILES string of the molecule is Cc1cn2c(ccc3c(Cl)cc(C(F)(F)C(F)(F)F)nc32)n1. The Kier molecular flexibility index (Phi) is 3.07. The van der Waals surface area contributed by atoms with Crippen LogP contribution >= 0.6 is 11.6 Å². The average Bonchev–Trinajstić information content (AvgIpc) is 2.77. The van der Waals surface area contributed by atoms with Gasteiger partial charge >= 0.3 is 12.1 Å². The molecule has 0 N–H and O–H groups in total. The zero-order valence-corrected chi connectivity index (χ0v) is 11.7. The Balaban J connectivity index is 2.38. The van der Waals surface area contributed by atoms with E-state index in [4.69, 9.17) is 11.6 Å². The smallest absolute Gasteiger partial charge is 0.284 e. The minimum absolute atomic E-state index is 0.107. The van der Waals surface area contributed by atoms with Crippen LogP contribution in [0.1, 0.15) is 11.4 Å². The lowest BCUT2D eigenvalue weighted by Crippen LogP contribution is -2.34. The molecule has 0 amide bonds. The van der Waals surface area contributed by atoms with Crippen LogP contribution in [0.25, 0.3) is 16.7 Å². The summed E-state index contributed by atoms with van der Waals surface area (Å²) in [5.41, 5.74) is -0.611. The van der Waals surface area contributed by atoms with Gasteiger partial charge in [0.2, 0.25) is 0 Å². The molecule has 0 unspecified atom stereocenters. The molecule has 22 heavy (non-hydrogen) atoms. The van der Waals surface area contributed by atoms with Gasteiger partial charge in [0.1, 0.15) is 17.0 Å². The van der Waals surface area contributed by atoms with Crippen LogP contribution < -0.4 is 0 Å². The van der Waals surface area contributed by atoms with Gasteiger partial charge in [-0.05, 0) is 25.1 Å². The van der Waals surface area contributed by atoms with Crippen LogP contribution in [-0.2, 0) is 5.92 Å². The predicted octanol–water partition coefficient (Wildman–Crippen LogP) is 4.50. The fraction of sp³-hybridized carbons (Fsp3) is 0.231. The Morgan fingerprint density at radius 1 is 1.09 bits per heavy atom. The monoisotopic (exact) mass is 335 g/mol. The minimum atomic E-state index is -5.75. The summed E-state index contributed by atoms with van der Waals surface area (Å²) in [6, 6.07) is 3.58. The van der Waals surface area contributed by atoms with Crippen molar-refractivity contribution in [2.24, 2.45) is 0 Å². The van der Waals surface area contributed by atoms with Gasteiger partial charge in [-0.1, -0.05) is 11.6 Å². The van der Waals surface area contributed by atoms with Crippen molar-refractivity contribution in [1.29, 1.82) is 0 Å². The Hall–Kier alpha value is -1.96. The third-order valence-corrected chi connectivity index (χ3v) is 3.46. The highest BCUT2D eigenvalue weighted by Gasteiger charge is 2.60. The van der Waals surface area contributed by atoms with Crippen molar-refractivity contribution >= 4 is 28.3 Å². The highest BCUT2D eigenvalue weighted by Crippen LogP contribution is 2.44. The molecule has 0 saturated carbocycles. The van der Waals surface area contributed by atoms with Crippen LogP contribution in [0.5, 0.6) is 0 Å². The molecule has 0 fully saturated rings. The van der Waals surface area contributed by atoms with Crippen LogP contribution in [0.2, 0.25) is 5.02 Å². The van der Waals surface area contributed by atoms with Crippen LogP contribution in [-0.4, -0.2) is 20.5 Å². The number of nitrogens with zero attached hydrogens (tertiary/aromatic N) is 3. The fourth-order valence-corrected chi connectivity index (χ4v) is 2.37. The normalized spacial score (nSPS) is 13.2. The lowest BCUT2D eigenvalue weighted by molar-refractivity contribution is -0.290. The van der Waals surface area contributed by atoms with Gasteiger partial charge in [0.15, 0.2) is 0 Å². The maximum absolute atomic E-state index is 13.5. The average molecular weight is 336 g/mol. The second-order valence-electron chi connectivity index (χ2n) is 4.74. The quantitative estimate of drug-likeness (QED) is 0.613. The molecule has 0 bridgehead atoms. The van der Waals surface area contributed by atoms with Gasteiger partial charge in [-0.25, -0.2) is 9.97 Å².